The van der Waals surface area contributed by atoms with Crippen molar-refractivity contribution in [3.63, 3.8) is 0 Å². The van der Waals surface area contributed by atoms with Crippen molar-refractivity contribution in [1.29, 1.82) is 0 Å². The van der Waals surface area contributed by atoms with E-state index in [1.165, 1.54) is 11.6 Å². The molecule has 0 heterocycles. The maximum atomic E-state index is 14.2. The second-order valence-electron chi connectivity index (χ2n) is 9.49. The first-order valence-electron chi connectivity index (χ1n) is 11.6. The summed E-state index contributed by atoms with van der Waals surface area (Å²) in [5.74, 6) is -0.299. The number of carbonyl (C=O) groups excluding carboxylic acids is 1. The SMILES string of the molecule is CC(NCC(=O)OC(C)(C)C)C(CCc1ccccc1)c1ccc(-c2ccccc2F)cc1. The lowest BCUT2D eigenvalue weighted by Crippen LogP contribution is -2.38. The van der Waals surface area contributed by atoms with Crippen molar-refractivity contribution in [1.82, 2.24) is 5.32 Å². The molecule has 0 aliphatic carbocycles. The normalized spacial score (nSPS) is 13.4. The van der Waals surface area contributed by atoms with Gasteiger partial charge < -0.3 is 10.1 Å². The molecule has 4 heteroatoms. The van der Waals surface area contributed by atoms with Crippen molar-refractivity contribution in [2.45, 2.75) is 58.1 Å². The number of hydrogen-bond donors (Lipinski definition) is 1. The number of esters is 1. The number of carbonyl (C=O) groups is 1. The predicted octanol–water partition coefficient (Wildman–Crippen LogP) is 6.53. The third-order valence-electron chi connectivity index (χ3n) is 5.70. The number of benzene rings is 3. The van der Waals surface area contributed by atoms with Crippen molar-refractivity contribution < 1.29 is 13.9 Å². The van der Waals surface area contributed by atoms with E-state index in [9.17, 15) is 9.18 Å². The number of aryl methyl sites for hydroxylation is 1. The van der Waals surface area contributed by atoms with Crippen LogP contribution in [0.2, 0.25) is 0 Å². The van der Waals surface area contributed by atoms with Crippen LogP contribution in [-0.4, -0.2) is 24.2 Å². The standard InChI is InChI=1S/C29H34FNO2/c1-21(31-20-28(32)33-29(2,3)4)25(19-14-22-10-6-5-7-11-22)23-15-17-24(18-16-23)26-12-8-9-13-27(26)30/h5-13,15-18,21,25,31H,14,19-20H2,1-4H3. The van der Waals surface area contributed by atoms with Crippen LogP contribution in [0.5, 0.6) is 0 Å². The van der Waals surface area contributed by atoms with Crippen molar-refractivity contribution in [2.24, 2.45) is 0 Å². The van der Waals surface area contributed by atoms with E-state index in [2.05, 4.69) is 48.6 Å². The quantitative estimate of drug-likeness (QED) is 0.379. The number of nitrogens with one attached hydrogen (secondary N) is 1. The third kappa shape index (κ3) is 7.54. The van der Waals surface area contributed by atoms with E-state index in [1.54, 1.807) is 12.1 Å². The van der Waals surface area contributed by atoms with E-state index >= 15 is 0 Å². The Morgan fingerprint density at radius 2 is 1.58 bits per heavy atom. The lowest BCUT2D eigenvalue weighted by molar-refractivity contribution is -0.153. The fraction of sp³-hybridized carbons (Fsp3) is 0.345. The Kier molecular flexibility index (Phi) is 8.40. The van der Waals surface area contributed by atoms with Crippen LogP contribution in [0.25, 0.3) is 11.1 Å². The molecule has 2 atom stereocenters. The van der Waals surface area contributed by atoms with E-state index in [0.29, 0.717) is 5.56 Å². The largest absolute Gasteiger partial charge is 0.459 e. The van der Waals surface area contributed by atoms with Gasteiger partial charge in [0.05, 0.1) is 6.54 Å². The fourth-order valence-electron chi connectivity index (χ4n) is 4.04. The molecule has 3 rings (SSSR count). The minimum atomic E-state index is -0.503. The molecule has 0 saturated carbocycles. The first-order valence-corrected chi connectivity index (χ1v) is 11.6. The van der Waals surface area contributed by atoms with Crippen LogP contribution in [-0.2, 0) is 16.0 Å². The van der Waals surface area contributed by atoms with Crippen molar-refractivity contribution in [2.75, 3.05) is 6.54 Å². The summed E-state index contributed by atoms with van der Waals surface area (Å²) in [7, 11) is 0. The molecule has 0 aromatic heterocycles. The molecular weight excluding hydrogens is 413 g/mol. The Bertz CT molecular complexity index is 1030. The number of ether oxygens (including phenoxy) is 1. The van der Waals surface area contributed by atoms with Gasteiger partial charge in [-0.2, -0.15) is 0 Å². The first-order chi connectivity index (χ1) is 15.7. The van der Waals surface area contributed by atoms with Crippen molar-refractivity contribution in [3.8, 4) is 11.1 Å². The molecule has 0 spiro atoms. The summed E-state index contributed by atoms with van der Waals surface area (Å²) < 4.78 is 19.7. The molecule has 0 bridgehead atoms. The van der Waals surface area contributed by atoms with Crippen LogP contribution in [0.1, 0.15) is 51.2 Å². The summed E-state index contributed by atoms with van der Waals surface area (Å²) in [6, 6.07) is 25.4. The van der Waals surface area contributed by atoms with Gasteiger partial charge in [0, 0.05) is 11.6 Å². The van der Waals surface area contributed by atoms with Gasteiger partial charge in [0.25, 0.3) is 0 Å². The zero-order chi connectivity index (χ0) is 23.8. The van der Waals surface area contributed by atoms with Gasteiger partial charge in [0.15, 0.2) is 0 Å². The molecule has 1 N–H and O–H groups in total. The van der Waals surface area contributed by atoms with E-state index in [4.69, 9.17) is 4.74 Å². The van der Waals surface area contributed by atoms with Gasteiger partial charge in [-0.3, -0.25) is 4.79 Å². The Labute approximate surface area is 197 Å². The van der Waals surface area contributed by atoms with Crippen LogP contribution in [0.4, 0.5) is 4.39 Å². The summed E-state index contributed by atoms with van der Waals surface area (Å²) in [6.07, 6.45) is 1.85. The highest BCUT2D eigenvalue weighted by atomic mass is 19.1. The highest BCUT2D eigenvalue weighted by Crippen LogP contribution is 2.29. The Hall–Kier alpha value is -2.98. The van der Waals surface area contributed by atoms with Crippen molar-refractivity contribution in [3.05, 3.63) is 95.8 Å². The van der Waals surface area contributed by atoms with Gasteiger partial charge in [0.1, 0.15) is 11.4 Å². The molecule has 0 amide bonds. The van der Waals surface area contributed by atoms with Gasteiger partial charge in [-0.15, -0.1) is 0 Å². The highest BCUT2D eigenvalue weighted by molar-refractivity contribution is 5.72. The van der Waals surface area contributed by atoms with E-state index in [-0.39, 0.29) is 30.3 Å². The summed E-state index contributed by atoms with van der Waals surface area (Å²) in [4.78, 5) is 12.2. The molecule has 3 aromatic carbocycles. The predicted molar refractivity (Wildman–Crippen MR) is 133 cm³/mol. The maximum absolute atomic E-state index is 14.2. The molecular formula is C29H34FNO2. The average molecular weight is 448 g/mol. The summed E-state index contributed by atoms with van der Waals surface area (Å²) in [6.45, 7) is 7.87. The molecule has 0 radical (unpaired) electrons. The topological polar surface area (TPSA) is 38.3 Å². The van der Waals surface area contributed by atoms with Gasteiger partial charge in [-0.25, -0.2) is 4.39 Å². The summed E-state index contributed by atoms with van der Waals surface area (Å²) in [5, 5.41) is 3.36. The molecule has 2 unspecified atom stereocenters. The number of rotatable bonds is 9. The van der Waals surface area contributed by atoms with Gasteiger partial charge in [0.2, 0.25) is 0 Å². The minimum absolute atomic E-state index is 0.0561. The average Bonchev–Trinajstić information content (AvgIpc) is 2.78. The third-order valence-corrected chi connectivity index (χ3v) is 5.70. The minimum Gasteiger partial charge on any atom is -0.459 e. The lowest BCUT2D eigenvalue weighted by Gasteiger charge is -2.27. The zero-order valence-corrected chi connectivity index (χ0v) is 20.0. The molecule has 3 aromatic rings. The molecule has 0 aliphatic rings. The molecule has 33 heavy (non-hydrogen) atoms. The molecule has 174 valence electrons. The van der Waals surface area contributed by atoms with E-state index < -0.39 is 5.60 Å². The van der Waals surface area contributed by atoms with Crippen LogP contribution in [0.15, 0.2) is 78.9 Å². The summed E-state index contributed by atoms with van der Waals surface area (Å²) in [5.41, 5.74) is 3.39. The zero-order valence-electron chi connectivity index (χ0n) is 20.0. The maximum Gasteiger partial charge on any atom is 0.320 e. The Morgan fingerprint density at radius 1 is 0.939 bits per heavy atom. The fourth-order valence-corrected chi connectivity index (χ4v) is 4.04. The highest BCUT2D eigenvalue weighted by Gasteiger charge is 2.22. The van der Waals surface area contributed by atoms with Gasteiger partial charge in [-0.05, 0) is 69.2 Å². The Morgan fingerprint density at radius 3 is 2.21 bits per heavy atom. The van der Waals surface area contributed by atoms with Crippen LogP contribution in [0.3, 0.4) is 0 Å². The second kappa shape index (κ2) is 11.2. The van der Waals surface area contributed by atoms with Crippen LogP contribution >= 0.6 is 0 Å². The second-order valence-corrected chi connectivity index (χ2v) is 9.49. The smallest absolute Gasteiger partial charge is 0.320 e. The van der Waals surface area contributed by atoms with Gasteiger partial charge >= 0.3 is 5.97 Å². The molecule has 0 saturated heterocycles. The van der Waals surface area contributed by atoms with Crippen LogP contribution < -0.4 is 5.32 Å². The van der Waals surface area contributed by atoms with E-state index in [0.717, 1.165) is 24.0 Å². The van der Waals surface area contributed by atoms with Crippen LogP contribution in [0, 0.1) is 5.82 Å². The summed E-state index contributed by atoms with van der Waals surface area (Å²) >= 11 is 0. The molecule has 3 nitrogen and oxygen atoms in total. The lowest BCUT2D eigenvalue weighted by atomic mass is 9.86. The number of halogens is 1. The van der Waals surface area contributed by atoms with E-state index in [1.807, 2.05) is 45.0 Å². The van der Waals surface area contributed by atoms with Crippen molar-refractivity contribution >= 4 is 5.97 Å². The number of hydrogen-bond acceptors (Lipinski definition) is 3. The first kappa shape index (κ1) is 24.7. The monoisotopic (exact) mass is 447 g/mol. The molecule has 0 fully saturated rings. The Balaban J connectivity index is 1.76. The van der Waals surface area contributed by atoms with Gasteiger partial charge in [-0.1, -0.05) is 72.8 Å². The molecule has 0 aliphatic heterocycles.